The van der Waals surface area contributed by atoms with Crippen LogP contribution in [0, 0.1) is 5.92 Å². The van der Waals surface area contributed by atoms with Crippen molar-refractivity contribution in [3.05, 3.63) is 86.1 Å². The van der Waals surface area contributed by atoms with Crippen LogP contribution in [0.25, 0.3) is 11.0 Å². The third-order valence-corrected chi connectivity index (χ3v) is 7.65. The summed E-state index contributed by atoms with van der Waals surface area (Å²) >= 11 is 37.2. The SMILES string of the molecule is O=C(Nc1ccc2nc(Cl)[nH]c2c1)c1cc(NC(=O)[C@@H]2[C@@H](c3cc(Cl)cc(Cl)c3)C2(Cl)Cl)ccc1Cl. The fourth-order valence-corrected chi connectivity index (χ4v) is 5.84. The number of hydrogen-bond acceptors (Lipinski definition) is 3. The van der Waals surface area contributed by atoms with Crippen molar-refractivity contribution >= 4 is 104 Å². The maximum Gasteiger partial charge on any atom is 0.257 e. The van der Waals surface area contributed by atoms with Crippen LogP contribution in [0.1, 0.15) is 21.8 Å². The zero-order chi connectivity index (χ0) is 25.8. The topological polar surface area (TPSA) is 86.9 Å². The van der Waals surface area contributed by atoms with Gasteiger partial charge < -0.3 is 15.6 Å². The van der Waals surface area contributed by atoms with Crippen LogP contribution < -0.4 is 10.6 Å². The fourth-order valence-electron chi connectivity index (χ4n) is 4.07. The zero-order valence-corrected chi connectivity index (χ0v) is 22.4. The lowest BCUT2D eigenvalue weighted by Crippen LogP contribution is -2.18. The van der Waals surface area contributed by atoms with Crippen molar-refractivity contribution in [2.75, 3.05) is 10.6 Å². The average Bonchev–Trinajstić information content (AvgIpc) is 3.18. The number of nitrogens with zero attached hydrogens (tertiary/aromatic N) is 1. The van der Waals surface area contributed by atoms with E-state index in [-0.39, 0.29) is 15.9 Å². The number of H-pyrrole nitrogens is 1. The van der Waals surface area contributed by atoms with Crippen LogP contribution in [0.4, 0.5) is 11.4 Å². The number of anilines is 2. The van der Waals surface area contributed by atoms with Gasteiger partial charge in [0.1, 0.15) is 4.33 Å². The molecule has 3 aromatic carbocycles. The van der Waals surface area contributed by atoms with Gasteiger partial charge >= 0.3 is 0 Å². The standard InChI is InChI=1S/C24H14Cl6N4O2/c25-11-5-10(6-12(26)7-11)19-20(24(19,29)30)22(36)32-13-1-3-16(27)15(8-13)21(35)31-14-2-4-17-18(9-14)34-23(28)33-17/h1-9,19-20H,(H,31,35)(H,32,36)(H,33,34)/t19-,20+/m1/s1. The van der Waals surface area contributed by atoms with E-state index < -0.39 is 28.0 Å². The number of aromatic amines is 1. The monoisotopic (exact) mass is 600 g/mol. The molecule has 0 aliphatic heterocycles. The first-order valence-corrected chi connectivity index (χ1v) is 12.7. The predicted molar refractivity (Wildman–Crippen MR) is 146 cm³/mol. The molecule has 1 fully saturated rings. The van der Waals surface area contributed by atoms with E-state index in [9.17, 15) is 9.59 Å². The van der Waals surface area contributed by atoms with Crippen molar-refractivity contribution in [3.63, 3.8) is 0 Å². The summed E-state index contributed by atoms with van der Waals surface area (Å²) in [7, 11) is 0. The lowest BCUT2D eigenvalue weighted by atomic mass is 10.1. The number of fused-ring (bicyclic) bond motifs is 1. The van der Waals surface area contributed by atoms with Gasteiger partial charge in [-0.1, -0.05) is 34.8 Å². The Morgan fingerprint density at radius 1 is 0.861 bits per heavy atom. The summed E-state index contributed by atoms with van der Waals surface area (Å²) in [6.45, 7) is 0. The molecule has 12 heteroatoms. The molecule has 0 spiro atoms. The Hall–Kier alpha value is -2.19. The van der Waals surface area contributed by atoms with E-state index in [1.54, 1.807) is 42.5 Å². The summed E-state index contributed by atoms with van der Waals surface area (Å²) < 4.78 is -1.33. The molecule has 2 amide bonds. The molecule has 3 N–H and O–H groups in total. The highest BCUT2D eigenvalue weighted by Crippen LogP contribution is 2.65. The van der Waals surface area contributed by atoms with Crippen LogP contribution in [-0.2, 0) is 4.79 Å². The number of rotatable bonds is 5. The van der Waals surface area contributed by atoms with Crippen LogP contribution in [0.3, 0.4) is 0 Å². The molecule has 1 saturated carbocycles. The highest BCUT2D eigenvalue weighted by Gasteiger charge is 2.67. The van der Waals surface area contributed by atoms with E-state index in [1.165, 1.54) is 12.1 Å². The molecule has 5 rings (SSSR count). The minimum atomic E-state index is -1.33. The highest BCUT2D eigenvalue weighted by atomic mass is 35.5. The number of amides is 2. The minimum Gasteiger partial charge on any atom is -0.329 e. The van der Waals surface area contributed by atoms with Gasteiger partial charge in [0, 0.05) is 27.3 Å². The summed E-state index contributed by atoms with van der Waals surface area (Å²) in [5, 5.41) is 6.81. The number of halogens is 6. The van der Waals surface area contributed by atoms with Gasteiger partial charge in [-0.05, 0) is 71.8 Å². The Labute approximate surface area is 235 Å². The second-order valence-corrected chi connectivity index (χ2v) is 11.3. The largest absolute Gasteiger partial charge is 0.329 e. The van der Waals surface area contributed by atoms with Gasteiger partial charge in [0.05, 0.1) is 27.5 Å². The van der Waals surface area contributed by atoms with Gasteiger partial charge in [0.2, 0.25) is 11.2 Å². The van der Waals surface area contributed by atoms with Gasteiger partial charge in [-0.2, -0.15) is 0 Å². The normalized spacial score (nSPS) is 18.2. The Bertz CT molecular complexity index is 1520. The van der Waals surface area contributed by atoms with Crippen LogP contribution in [0.2, 0.25) is 20.4 Å². The number of imidazole rings is 1. The Kier molecular flexibility index (Phi) is 6.79. The molecule has 36 heavy (non-hydrogen) atoms. The van der Waals surface area contributed by atoms with Gasteiger partial charge in [-0.15, -0.1) is 23.2 Å². The predicted octanol–water partition coefficient (Wildman–Crippen LogP) is 7.95. The fraction of sp³-hybridized carbons (Fsp3) is 0.125. The molecule has 0 unspecified atom stereocenters. The highest BCUT2D eigenvalue weighted by molar-refractivity contribution is 6.53. The Morgan fingerprint density at radius 3 is 2.25 bits per heavy atom. The molecule has 4 aromatic rings. The van der Waals surface area contributed by atoms with Gasteiger partial charge in [0.15, 0.2) is 0 Å². The molecular formula is C24H14Cl6N4O2. The third-order valence-electron chi connectivity index (χ3n) is 5.77. The molecular weight excluding hydrogens is 589 g/mol. The first-order valence-electron chi connectivity index (χ1n) is 10.4. The van der Waals surface area contributed by atoms with Crippen LogP contribution in [0.5, 0.6) is 0 Å². The van der Waals surface area contributed by atoms with Crippen LogP contribution in [-0.4, -0.2) is 26.1 Å². The first-order chi connectivity index (χ1) is 17.0. The number of alkyl halides is 2. The van der Waals surface area contributed by atoms with E-state index in [0.717, 1.165) is 0 Å². The molecule has 2 atom stereocenters. The van der Waals surface area contributed by atoms with Crippen molar-refractivity contribution in [2.45, 2.75) is 10.3 Å². The van der Waals surface area contributed by atoms with Crippen LogP contribution >= 0.6 is 69.6 Å². The third kappa shape index (κ3) is 4.99. The van der Waals surface area contributed by atoms with Crippen molar-refractivity contribution in [1.82, 2.24) is 9.97 Å². The Balaban J connectivity index is 1.32. The molecule has 1 heterocycles. The van der Waals surface area contributed by atoms with Crippen molar-refractivity contribution in [2.24, 2.45) is 5.92 Å². The van der Waals surface area contributed by atoms with E-state index in [2.05, 4.69) is 20.6 Å². The molecule has 1 aliphatic rings. The lowest BCUT2D eigenvalue weighted by Gasteiger charge is -2.10. The smallest absolute Gasteiger partial charge is 0.257 e. The van der Waals surface area contributed by atoms with E-state index >= 15 is 0 Å². The lowest BCUT2D eigenvalue weighted by molar-refractivity contribution is -0.117. The number of carbonyl (C=O) groups is 2. The maximum atomic E-state index is 13.0. The molecule has 0 saturated heterocycles. The average molecular weight is 603 g/mol. The molecule has 1 aliphatic carbocycles. The van der Waals surface area contributed by atoms with E-state index in [0.29, 0.717) is 38.0 Å². The number of hydrogen-bond donors (Lipinski definition) is 3. The number of nitrogens with one attached hydrogen (secondary N) is 3. The molecule has 0 radical (unpaired) electrons. The second-order valence-electron chi connectivity index (χ2n) is 8.23. The number of benzene rings is 3. The van der Waals surface area contributed by atoms with Crippen LogP contribution in [0.15, 0.2) is 54.6 Å². The maximum absolute atomic E-state index is 13.0. The zero-order valence-electron chi connectivity index (χ0n) is 17.9. The van der Waals surface area contributed by atoms with Crippen molar-refractivity contribution < 1.29 is 9.59 Å². The summed E-state index contributed by atoms with van der Waals surface area (Å²) in [5.74, 6) is -2.14. The van der Waals surface area contributed by atoms with Gasteiger partial charge in [0.25, 0.3) is 5.91 Å². The summed E-state index contributed by atoms with van der Waals surface area (Å²) in [6.07, 6.45) is 0. The van der Waals surface area contributed by atoms with E-state index in [1.807, 2.05) is 0 Å². The summed E-state index contributed by atoms with van der Waals surface area (Å²) in [6, 6.07) is 14.6. The minimum absolute atomic E-state index is 0.161. The molecule has 6 nitrogen and oxygen atoms in total. The van der Waals surface area contributed by atoms with E-state index in [4.69, 9.17) is 69.6 Å². The Morgan fingerprint density at radius 2 is 1.53 bits per heavy atom. The quantitative estimate of drug-likeness (QED) is 0.203. The van der Waals surface area contributed by atoms with Crippen molar-refractivity contribution in [1.29, 1.82) is 0 Å². The number of carbonyl (C=O) groups excluding carboxylic acids is 2. The van der Waals surface area contributed by atoms with Crippen molar-refractivity contribution in [3.8, 4) is 0 Å². The second kappa shape index (κ2) is 9.60. The van der Waals surface area contributed by atoms with Gasteiger partial charge in [-0.3, -0.25) is 9.59 Å². The molecule has 0 bridgehead atoms. The summed E-state index contributed by atoms with van der Waals surface area (Å²) in [5.41, 5.74) is 3.00. The molecule has 1 aromatic heterocycles. The first kappa shape index (κ1) is 25.5. The van der Waals surface area contributed by atoms with Gasteiger partial charge in [-0.25, -0.2) is 4.98 Å². The summed E-state index contributed by atoms with van der Waals surface area (Å²) in [4.78, 5) is 33.0. The number of aromatic nitrogens is 2. The molecule has 184 valence electrons.